The van der Waals surface area contributed by atoms with E-state index in [9.17, 15) is 9.59 Å². The van der Waals surface area contributed by atoms with Gasteiger partial charge in [-0.25, -0.2) is 4.79 Å². The molecule has 0 aromatic carbocycles. The Hall–Kier alpha value is -2.11. The van der Waals surface area contributed by atoms with Gasteiger partial charge < -0.3 is 15.0 Å². The maximum absolute atomic E-state index is 12.2. The summed E-state index contributed by atoms with van der Waals surface area (Å²) in [6.45, 7) is 8.93. The molecule has 0 saturated carbocycles. The van der Waals surface area contributed by atoms with Crippen LogP contribution >= 0.6 is 0 Å². The standard InChI is InChI=1S/C15H23N3O3/c1-5-18(6-2)14(19)13-10-12(8-9-16-13)17-11(4)15(20)21-7-3/h8-11H,5-7H2,1-4H3,(H,16,17). The summed E-state index contributed by atoms with van der Waals surface area (Å²) in [5.74, 6) is -0.446. The van der Waals surface area contributed by atoms with Gasteiger partial charge in [-0.05, 0) is 39.8 Å². The highest BCUT2D eigenvalue weighted by Gasteiger charge is 2.17. The Morgan fingerprint density at radius 2 is 2.00 bits per heavy atom. The molecule has 6 nitrogen and oxygen atoms in total. The summed E-state index contributed by atoms with van der Waals surface area (Å²) >= 11 is 0. The molecule has 0 saturated heterocycles. The van der Waals surface area contributed by atoms with Crippen molar-refractivity contribution in [3.05, 3.63) is 24.0 Å². The van der Waals surface area contributed by atoms with E-state index < -0.39 is 6.04 Å². The topological polar surface area (TPSA) is 71.5 Å². The van der Waals surface area contributed by atoms with Crippen LogP contribution in [-0.4, -0.2) is 47.5 Å². The van der Waals surface area contributed by atoms with Gasteiger partial charge in [-0.15, -0.1) is 0 Å². The lowest BCUT2D eigenvalue weighted by molar-refractivity contribution is -0.143. The normalized spacial score (nSPS) is 11.6. The Bertz CT molecular complexity index is 487. The summed E-state index contributed by atoms with van der Waals surface area (Å²) in [7, 11) is 0. The number of amides is 1. The second kappa shape index (κ2) is 8.24. The number of pyridine rings is 1. The molecule has 1 unspecified atom stereocenters. The van der Waals surface area contributed by atoms with Crippen LogP contribution in [0.3, 0.4) is 0 Å². The van der Waals surface area contributed by atoms with Crippen LogP contribution in [0.4, 0.5) is 5.69 Å². The van der Waals surface area contributed by atoms with Crippen LogP contribution in [0.25, 0.3) is 0 Å². The van der Waals surface area contributed by atoms with Gasteiger partial charge in [0.1, 0.15) is 11.7 Å². The molecule has 1 heterocycles. The predicted octanol–water partition coefficient (Wildman–Crippen LogP) is 1.93. The van der Waals surface area contributed by atoms with Crippen molar-refractivity contribution in [2.45, 2.75) is 33.7 Å². The first-order valence-electron chi connectivity index (χ1n) is 7.21. The lowest BCUT2D eigenvalue weighted by Gasteiger charge is -2.19. The Morgan fingerprint density at radius 1 is 1.33 bits per heavy atom. The first-order chi connectivity index (χ1) is 10.0. The van der Waals surface area contributed by atoms with Gasteiger partial charge in [0.05, 0.1) is 6.61 Å². The quantitative estimate of drug-likeness (QED) is 0.778. The number of hydrogen-bond acceptors (Lipinski definition) is 5. The number of carbonyl (C=O) groups excluding carboxylic acids is 2. The van der Waals surface area contributed by atoms with Gasteiger partial charge in [0.15, 0.2) is 0 Å². The molecular formula is C15H23N3O3. The van der Waals surface area contributed by atoms with Gasteiger partial charge in [0, 0.05) is 25.0 Å². The zero-order valence-corrected chi connectivity index (χ0v) is 13.0. The third-order valence-electron chi connectivity index (χ3n) is 3.05. The first-order valence-corrected chi connectivity index (χ1v) is 7.21. The maximum Gasteiger partial charge on any atom is 0.328 e. The molecule has 0 radical (unpaired) electrons. The van der Waals surface area contributed by atoms with Gasteiger partial charge in [-0.2, -0.15) is 0 Å². The number of carbonyl (C=O) groups is 2. The molecule has 0 aliphatic carbocycles. The molecular weight excluding hydrogens is 270 g/mol. The molecule has 1 amide bonds. The summed E-state index contributed by atoms with van der Waals surface area (Å²) in [6.07, 6.45) is 1.55. The van der Waals surface area contributed by atoms with Crippen molar-refractivity contribution >= 4 is 17.6 Å². The molecule has 21 heavy (non-hydrogen) atoms. The molecule has 1 N–H and O–H groups in total. The average molecular weight is 293 g/mol. The van der Waals surface area contributed by atoms with Crippen LogP contribution in [0.1, 0.15) is 38.2 Å². The Kier molecular flexibility index (Phi) is 6.65. The monoisotopic (exact) mass is 293 g/mol. The van der Waals surface area contributed by atoms with Crippen LogP contribution in [0.2, 0.25) is 0 Å². The van der Waals surface area contributed by atoms with Crippen molar-refractivity contribution in [2.24, 2.45) is 0 Å². The summed E-state index contributed by atoms with van der Waals surface area (Å²) in [6, 6.07) is 2.88. The summed E-state index contributed by atoms with van der Waals surface area (Å²) in [5.41, 5.74) is 1.03. The minimum Gasteiger partial charge on any atom is -0.464 e. The average Bonchev–Trinajstić information content (AvgIpc) is 2.48. The highest BCUT2D eigenvalue weighted by atomic mass is 16.5. The molecule has 0 fully saturated rings. The van der Waals surface area contributed by atoms with Crippen LogP contribution in [-0.2, 0) is 9.53 Å². The highest BCUT2D eigenvalue weighted by Crippen LogP contribution is 2.12. The molecule has 1 aromatic heterocycles. The van der Waals surface area contributed by atoms with E-state index in [1.165, 1.54) is 0 Å². The molecule has 0 bridgehead atoms. The Labute approximate surface area is 125 Å². The van der Waals surface area contributed by atoms with Crippen molar-refractivity contribution in [3.8, 4) is 0 Å². The molecule has 1 atom stereocenters. The Balaban J connectivity index is 2.81. The smallest absolute Gasteiger partial charge is 0.328 e. The van der Waals surface area contributed by atoms with Crippen molar-refractivity contribution in [1.29, 1.82) is 0 Å². The number of anilines is 1. The minimum absolute atomic E-state index is 0.118. The van der Waals surface area contributed by atoms with E-state index in [2.05, 4.69) is 10.3 Å². The first kappa shape index (κ1) is 16.9. The largest absolute Gasteiger partial charge is 0.464 e. The maximum atomic E-state index is 12.2. The third kappa shape index (κ3) is 4.73. The zero-order valence-electron chi connectivity index (χ0n) is 13.0. The van der Waals surface area contributed by atoms with Crippen LogP contribution in [0, 0.1) is 0 Å². The molecule has 0 spiro atoms. The number of hydrogen-bond donors (Lipinski definition) is 1. The van der Waals surface area contributed by atoms with Gasteiger partial charge in [-0.3, -0.25) is 9.78 Å². The van der Waals surface area contributed by atoms with E-state index in [0.29, 0.717) is 31.1 Å². The van der Waals surface area contributed by atoms with E-state index in [0.717, 1.165) is 0 Å². The van der Waals surface area contributed by atoms with Gasteiger partial charge in [0.25, 0.3) is 5.91 Å². The van der Waals surface area contributed by atoms with E-state index >= 15 is 0 Å². The zero-order chi connectivity index (χ0) is 15.8. The van der Waals surface area contributed by atoms with Crippen molar-refractivity contribution in [2.75, 3.05) is 25.0 Å². The Morgan fingerprint density at radius 3 is 2.57 bits per heavy atom. The summed E-state index contributed by atoms with van der Waals surface area (Å²) in [5, 5.41) is 3.01. The molecule has 116 valence electrons. The lowest BCUT2D eigenvalue weighted by atomic mass is 10.2. The second-order valence-electron chi connectivity index (χ2n) is 4.53. The molecule has 1 rings (SSSR count). The van der Waals surface area contributed by atoms with Crippen molar-refractivity contribution in [1.82, 2.24) is 9.88 Å². The molecule has 0 aliphatic heterocycles. The fourth-order valence-electron chi connectivity index (χ4n) is 1.89. The molecule has 1 aromatic rings. The van der Waals surface area contributed by atoms with Crippen LogP contribution < -0.4 is 5.32 Å². The number of ether oxygens (including phenoxy) is 1. The van der Waals surface area contributed by atoms with E-state index in [4.69, 9.17) is 4.74 Å². The van der Waals surface area contributed by atoms with E-state index in [1.54, 1.807) is 37.1 Å². The molecule has 0 aliphatic rings. The minimum atomic E-state index is -0.483. The number of nitrogens with zero attached hydrogens (tertiary/aromatic N) is 2. The summed E-state index contributed by atoms with van der Waals surface area (Å²) < 4.78 is 4.93. The van der Waals surface area contributed by atoms with Crippen molar-refractivity contribution in [3.63, 3.8) is 0 Å². The predicted molar refractivity (Wildman–Crippen MR) is 81.2 cm³/mol. The van der Waals surface area contributed by atoms with E-state index in [1.807, 2.05) is 13.8 Å². The van der Waals surface area contributed by atoms with Crippen LogP contribution in [0.15, 0.2) is 18.3 Å². The van der Waals surface area contributed by atoms with Crippen molar-refractivity contribution < 1.29 is 14.3 Å². The van der Waals surface area contributed by atoms with E-state index in [-0.39, 0.29) is 11.9 Å². The lowest BCUT2D eigenvalue weighted by Crippen LogP contribution is -2.31. The highest BCUT2D eigenvalue weighted by molar-refractivity contribution is 5.93. The number of esters is 1. The fourth-order valence-corrected chi connectivity index (χ4v) is 1.89. The number of rotatable bonds is 7. The van der Waals surface area contributed by atoms with Crippen LogP contribution in [0.5, 0.6) is 0 Å². The molecule has 6 heteroatoms. The fraction of sp³-hybridized carbons (Fsp3) is 0.533. The van der Waals surface area contributed by atoms with Gasteiger partial charge in [0.2, 0.25) is 0 Å². The summed E-state index contributed by atoms with van der Waals surface area (Å²) in [4.78, 5) is 29.6. The third-order valence-corrected chi connectivity index (χ3v) is 3.05. The second-order valence-corrected chi connectivity index (χ2v) is 4.53. The van der Waals surface area contributed by atoms with Gasteiger partial charge >= 0.3 is 5.97 Å². The van der Waals surface area contributed by atoms with Gasteiger partial charge in [-0.1, -0.05) is 0 Å². The SMILES string of the molecule is CCOC(=O)C(C)Nc1ccnc(C(=O)N(CC)CC)c1. The number of nitrogens with one attached hydrogen (secondary N) is 1. The number of aromatic nitrogens is 1.